The summed E-state index contributed by atoms with van der Waals surface area (Å²) >= 11 is 1.74. The molecular formula is C18H24N4OS. The Balaban J connectivity index is 1.37. The second-order valence-corrected chi connectivity index (χ2v) is 7.14. The molecule has 1 aromatic heterocycles. The third kappa shape index (κ3) is 4.63. The van der Waals surface area contributed by atoms with Gasteiger partial charge in [0, 0.05) is 69.4 Å². The van der Waals surface area contributed by atoms with Gasteiger partial charge in [-0.15, -0.1) is 11.3 Å². The van der Waals surface area contributed by atoms with Crippen molar-refractivity contribution in [1.29, 1.82) is 0 Å². The summed E-state index contributed by atoms with van der Waals surface area (Å²) in [6, 6.07) is 10.3. The predicted octanol–water partition coefficient (Wildman–Crippen LogP) is 2.06. The maximum absolute atomic E-state index is 11.3. The second kappa shape index (κ2) is 8.37. The highest BCUT2D eigenvalue weighted by Gasteiger charge is 2.17. The topological polar surface area (TPSA) is 48.5 Å². The lowest BCUT2D eigenvalue weighted by Crippen LogP contribution is -2.49. The van der Waals surface area contributed by atoms with E-state index in [9.17, 15) is 4.79 Å². The molecule has 128 valence electrons. The molecule has 0 bridgehead atoms. The fourth-order valence-corrected chi connectivity index (χ4v) is 3.73. The van der Waals surface area contributed by atoms with E-state index < -0.39 is 0 Å². The minimum atomic E-state index is 0.187. The molecule has 0 aliphatic carbocycles. The van der Waals surface area contributed by atoms with E-state index in [4.69, 9.17) is 0 Å². The van der Waals surface area contributed by atoms with Gasteiger partial charge >= 0.3 is 0 Å². The number of piperazine rings is 1. The number of nitrogens with zero attached hydrogens (tertiary/aromatic N) is 3. The number of carbonyl (C=O) groups is 1. The van der Waals surface area contributed by atoms with E-state index in [1.54, 1.807) is 18.3 Å². The summed E-state index contributed by atoms with van der Waals surface area (Å²) in [4.78, 5) is 21.4. The molecule has 1 amide bonds. The van der Waals surface area contributed by atoms with E-state index in [0.29, 0.717) is 0 Å². The largest absolute Gasteiger partial charge is 0.340 e. The lowest BCUT2D eigenvalue weighted by atomic mass is 10.2. The first-order valence-corrected chi connectivity index (χ1v) is 9.23. The molecule has 6 heteroatoms. The van der Waals surface area contributed by atoms with Crippen LogP contribution in [0.2, 0.25) is 0 Å². The van der Waals surface area contributed by atoms with Crippen LogP contribution in [0.1, 0.15) is 11.8 Å². The molecule has 2 aromatic rings. The van der Waals surface area contributed by atoms with E-state index in [0.717, 1.165) is 50.8 Å². The summed E-state index contributed by atoms with van der Waals surface area (Å²) in [6.45, 7) is 8.14. The van der Waals surface area contributed by atoms with Gasteiger partial charge < -0.3 is 10.2 Å². The number of aromatic nitrogens is 1. The minimum absolute atomic E-state index is 0.187. The van der Waals surface area contributed by atoms with Crippen molar-refractivity contribution in [2.45, 2.75) is 13.5 Å². The Hall–Kier alpha value is -1.76. The summed E-state index contributed by atoms with van der Waals surface area (Å²) in [7, 11) is 0. The number of nitrogens with one attached hydrogen (secondary N) is 1. The first-order chi connectivity index (χ1) is 11.7. The molecule has 1 aromatic carbocycles. The zero-order valence-electron chi connectivity index (χ0n) is 14.1. The van der Waals surface area contributed by atoms with Gasteiger partial charge in [0.15, 0.2) is 0 Å². The van der Waals surface area contributed by atoms with E-state index in [-0.39, 0.29) is 5.91 Å². The van der Waals surface area contributed by atoms with Gasteiger partial charge in [0.05, 0.1) is 0 Å². The maximum Gasteiger partial charge on any atom is 0.219 e. The average Bonchev–Trinajstić information content (AvgIpc) is 3.09. The number of thiazole rings is 1. The molecule has 0 unspecified atom stereocenters. The fourth-order valence-electron chi connectivity index (χ4n) is 2.84. The van der Waals surface area contributed by atoms with E-state index in [2.05, 4.69) is 27.3 Å². The summed E-state index contributed by atoms with van der Waals surface area (Å²) in [5.41, 5.74) is 1.18. The Labute approximate surface area is 147 Å². The van der Waals surface area contributed by atoms with E-state index in [1.165, 1.54) is 10.4 Å². The van der Waals surface area contributed by atoms with Gasteiger partial charge in [-0.25, -0.2) is 4.98 Å². The van der Waals surface area contributed by atoms with Gasteiger partial charge in [-0.3, -0.25) is 9.69 Å². The molecule has 24 heavy (non-hydrogen) atoms. The third-order valence-electron chi connectivity index (χ3n) is 4.30. The maximum atomic E-state index is 11.3. The van der Waals surface area contributed by atoms with Gasteiger partial charge in [-0.1, -0.05) is 30.3 Å². The van der Waals surface area contributed by atoms with Crippen LogP contribution >= 0.6 is 11.3 Å². The molecule has 1 fully saturated rings. The Morgan fingerprint density at radius 1 is 1.21 bits per heavy atom. The van der Waals surface area contributed by atoms with Crippen LogP contribution in [0, 0.1) is 0 Å². The summed E-state index contributed by atoms with van der Waals surface area (Å²) in [5.74, 6) is 0.187. The standard InChI is InChI=1S/C18H24N4OS/c1-15(23)22-11-9-21(10-12-22)8-7-19-13-17-14-20-18(24-17)16-5-3-2-4-6-16/h2-6,14,19H,7-13H2,1H3. The first kappa shape index (κ1) is 17.1. The zero-order chi connectivity index (χ0) is 16.8. The van der Waals surface area contributed by atoms with Crippen LogP contribution in [0.25, 0.3) is 10.6 Å². The molecule has 1 aliphatic heterocycles. The molecule has 1 N–H and O–H groups in total. The molecule has 0 atom stereocenters. The number of amides is 1. The third-order valence-corrected chi connectivity index (χ3v) is 5.34. The number of benzene rings is 1. The Morgan fingerprint density at radius 2 is 1.96 bits per heavy atom. The fraction of sp³-hybridized carbons (Fsp3) is 0.444. The minimum Gasteiger partial charge on any atom is -0.340 e. The molecule has 1 saturated heterocycles. The Kier molecular flexibility index (Phi) is 5.96. The molecule has 1 aliphatic rings. The van der Waals surface area contributed by atoms with Crippen LogP contribution in [0.15, 0.2) is 36.5 Å². The first-order valence-electron chi connectivity index (χ1n) is 8.41. The second-order valence-electron chi connectivity index (χ2n) is 6.02. The summed E-state index contributed by atoms with van der Waals surface area (Å²) < 4.78 is 0. The number of hydrogen-bond acceptors (Lipinski definition) is 5. The molecule has 2 heterocycles. The van der Waals surface area contributed by atoms with Gasteiger partial charge in [0.1, 0.15) is 5.01 Å². The Morgan fingerprint density at radius 3 is 2.67 bits per heavy atom. The van der Waals surface area contributed by atoms with Crippen molar-refractivity contribution in [3.63, 3.8) is 0 Å². The molecular weight excluding hydrogens is 320 g/mol. The van der Waals surface area contributed by atoms with Crippen molar-refractivity contribution < 1.29 is 4.79 Å². The summed E-state index contributed by atoms with van der Waals surface area (Å²) in [6.07, 6.45) is 1.96. The predicted molar refractivity (Wildman–Crippen MR) is 98.0 cm³/mol. The van der Waals surface area contributed by atoms with E-state index >= 15 is 0 Å². The van der Waals surface area contributed by atoms with Crippen LogP contribution < -0.4 is 5.32 Å². The van der Waals surface area contributed by atoms with Crippen LogP contribution in [0.4, 0.5) is 0 Å². The van der Waals surface area contributed by atoms with Crippen LogP contribution in [-0.4, -0.2) is 60.0 Å². The lowest BCUT2D eigenvalue weighted by Gasteiger charge is -2.34. The molecule has 5 nitrogen and oxygen atoms in total. The van der Waals surface area contributed by atoms with Crippen LogP contribution in [-0.2, 0) is 11.3 Å². The van der Waals surface area contributed by atoms with Gasteiger partial charge in [0.2, 0.25) is 5.91 Å². The average molecular weight is 344 g/mol. The molecule has 0 saturated carbocycles. The quantitative estimate of drug-likeness (QED) is 0.815. The highest BCUT2D eigenvalue weighted by atomic mass is 32.1. The number of carbonyl (C=O) groups excluding carboxylic acids is 1. The van der Waals surface area contributed by atoms with Gasteiger partial charge in [-0.05, 0) is 0 Å². The highest BCUT2D eigenvalue weighted by Crippen LogP contribution is 2.24. The monoisotopic (exact) mass is 344 g/mol. The summed E-state index contributed by atoms with van der Waals surface area (Å²) in [5, 5.41) is 4.57. The van der Waals surface area contributed by atoms with Crippen molar-refractivity contribution in [3.8, 4) is 10.6 Å². The number of rotatable bonds is 6. The van der Waals surface area contributed by atoms with Gasteiger partial charge in [0.25, 0.3) is 0 Å². The SMILES string of the molecule is CC(=O)N1CCN(CCNCc2cnc(-c3ccccc3)s2)CC1. The van der Waals surface area contributed by atoms with Gasteiger partial charge in [-0.2, -0.15) is 0 Å². The van der Waals surface area contributed by atoms with Crippen LogP contribution in [0.5, 0.6) is 0 Å². The van der Waals surface area contributed by atoms with Crippen molar-refractivity contribution in [2.75, 3.05) is 39.3 Å². The normalized spacial score (nSPS) is 15.6. The van der Waals surface area contributed by atoms with E-state index in [1.807, 2.05) is 29.3 Å². The zero-order valence-corrected chi connectivity index (χ0v) is 14.9. The highest BCUT2D eigenvalue weighted by molar-refractivity contribution is 7.15. The smallest absolute Gasteiger partial charge is 0.219 e. The van der Waals surface area contributed by atoms with Crippen molar-refractivity contribution in [2.24, 2.45) is 0 Å². The molecule has 0 spiro atoms. The molecule has 0 radical (unpaired) electrons. The number of hydrogen-bond donors (Lipinski definition) is 1. The van der Waals surface area contributed by atoms with Crippen molar-refractivity contribution >= 4 is 17.2 Å². The Bertz CT molecular complexity index is 650. The van der Waals surface area contributed by atoms with Crippen LogP contribution in [0.3, 0.4) is 0 Å². The molecule has 3 rings (SSSR count). The van der Waals surface area contributed by atoms with Crippen molar-refractivity contribution in [3.05, 3.63) is 41.4 Å². The lowest BCUT2D eigenvalue weighted by molar-refractivity contribution is -0.130. The van der Waals surface area contributed by atoms with Crippen molar-refractivity contribution in [1.82, 2.24) is 20.1 Å².